The molecule has 0 unspecified atom stereocenters. The molecule has 4 heteroatoms. The van der Waals surface area contributed by atoms with E-state index in [1.807, 2.05) is 18.7 Å². The normalized spacial score (nSPS) is 16.4. The van der Waals surface area contributed by atoms with E-state index in [9.17, 15) is 4.79 Å². The standard InChI is InChI=1S/C11H16N2O2.C2H6/c1-8-3-5-13(6-4-8)11(14)10-7-9(2)15-12-10;1-2/h7-8H,3-6H2,1-2H3;1-2H3. The molecule has 0 aromatic carbocycles. The van der Waals surface area contributed by atoms with Gasteiger partial charge in [-0.15, -0.1) is 0 Å². The fourth-order valence-electron chi connectivity index (χ4n) is 1.84. The molecular weight excluding hydrogens is 216 g/mol. The van der Waals surface area contributed by atoms with Crippen LogP contribution in [0.1, 0.15) is 49.9 Å². The molecule has 0 radical (unpaired) electrons. The highest BCUT2D eigenvalue weighted by Crippen LogP contribution is 2.17. The molecule has 0 bridgehead atoms. The van der Waals surface area contributed by atoms with Gasteiger partial charge in [0, 0.05) is 19.2 Å². The number of likely N-dealkylation sites (tertiary alicyclic amines) is 1. The molecule has 96 valence electrons. The van der Waals surface area contributed by atoms with E-state index in [1.54, 1.807) is 13.0 Å². The van der Waals surface area contributed by atoms with Gasteiger partial charge < -0.3 is 9.42 Å². The van der Waals surface area contributed by atoms with Crippen molar-refractivity contribution in [2.24, 2.45) is 5.92 Å². The number of nitrogens with zero attached hydrogens (tertiary/aromatic N) is 2. The van der Waals surface area contributed by atoms with Gasteiger partial charge in [-0.3, -0.25) is 4.79 Å². The van der Waals surface area contributed by atoms with Crippen LogP contribution in [-0.2, 0) is 0 Å². The summed E-state index contributed by atoms with van der Waals surface area (Å²) in [6, 6.07) is 1.69. The number of aromatic nitrogens is 1. The van der Waals surface area contributed by atoms with Crippen LogP contribution in [0, 0.1) is 12.8 Å². The van der Waals surface area contributed by atoms with Gasteiger partial charge >= 0.3 is 0 Å². The summed E-state index contributed by atoms with van der Waals surface area (Å²) < 4.78 is 4.90. The van der Waals surface area contributed by atoms with Crippen LogP contribution in [0.5, 0.6) is 0 Å². The Balaban J connectivity index is 0.000000686. The third-order valence-electron chi connectivity index (χ3n) is 2.92. The molecule has 2 rings (SSSR count). The quantitative estimate of drug-likeness (QED) is 0.755. The Labute approximate surface area is 103 Å². The van der Waals surface area contributed by atoms with Crippen molar-refractivity contribution >= 4 is 5.91 Å². The van der Waals surface area contributed by atoms with E-state index < -0.39 is 0 Å². The van der Waals surface area contributed by atoms with E-state index in [-0.39, 0.29) is 5.91 Å². The van der Waals surface area contributed by atoms with Crippen LogP contribution in [-0.4, -0.2) is 29.1 Å². The molecule has 0 N–H and O–H groups in total. The topological polar surface area (TPSA) is 46.3 Å². The van der Waals surface area contributed by atoms with Gasteiger partial charge in [0.2, 0.25) is 0 Å². The molecule has 1 saturated heterocycles. The molecule has 0 atom stereocenters. The van der Waals surface area contributed by atoms with Gasteiger partial charge in [0.05, 0.1) is 0 Å². The molecule has 2 heterocycles. The van der Waals surface area contributed by atoms with Crippen LogP contribution < -0.4 is 0 Å². The van der Waals surface area contributed by atoms with Gasteiger partial charge in [0.15, 0.2) is 5.69 Å². The summed E-state index contributed by atoms with van der Waals surface area (Å²) in [6.07, 6.45) is 2.17. The van der Waals surface area contributed by atoms with Gasteiger partial charge in [0.25, 0.3) is 5.91 Å². The molecule has 1 aliphatic rings. The van der Waals surface area contributed by atoms with Crippen LogP contribution in [0.2, 0.25) is 0 Å². The summed E-state index contributed by atoms with van der Waals surface area (Å²) in [5, 5.41) is 3.74. The zero-order chi connectivity index (χ0) is 12.8. The molecule has 1 amide bonds. The number of rotatable bonds is 1. The van der Waals surface area contributed by atoms with Crippen molar-refractivity contribution in [1.82, 2.24) is 10.1 Å². The van der Waals surface area contributed by atoms with Crippen LogP contribution in [0.15, 0.2) is 10.6 Å². The minimum atomic E-state index is -0.00116. The number of carbonyl (C=O) groups is 1. The van der Waals surface area contributed by atoms with Crippen LogP contribution >= 0.6 is 0 Å². The number of hydrogen-bond donors (Lipinski definition) is 0. The van der Waals surface area contributed by atoms with Crippen molar-refractivity contribution in [3.05, 3.63) is 17.5 Å². The second-order valence-electron chi connectivity index (χ2n) is 4.30. The highest BCUT2D eigenvalue weighted by atomic mass is 16.5. The first-order valence-corrected chi connectivity index (χ1v) is 6.39. The van der Waals surface area contributed by atoms with Crippen molar-refractivity contribution in [2.75, 3.05) is 13.1 Å². The average Bonchev–Trinajstić information content (AvgIpc) is 2.79. The van der Waals surface area contributed by atoms with Crippen molar-refractivity contribution in [1.29, 1.82) is 0 Å². The molecule has 1 fully saturated rings. The minimum Gasteiger partial charge on any atom is -0.361 e. The zero-order valence-corrected chi connectivity index (χ0v) is 11.2. The molecule has 17 heavy (non-hydrogen) atoms. The molecule has 1 aliphatic heterocycles. The molecule has 0 saturated carbocycles. The van der Waals surface area contributed by atoms with Crippen LogP contribution in [0.4, 0.5) is 0 Å². The number of piperidine rings is 1. The zero-order valence-electron chi connectivity index (χ0n) is 11.2. The summed E-state index contributed by atoms with van der Waals surface area (Å²) in [4.78, 5) is 13.8. The lowest BCUT2D eigenvalue weighted by Gasteiger charge is -2.29. The average molecular weight is 238 g/mol. The first-order valence-electron chi connectivity index (χ1n) is 6.39. The van der Waals surface area contributed by atoms with Crippen LogP contribution in [0.3, 0.4) is 0 Å². The Hall–Kier alpha value is -1.32. The van der Waals surface area contributed by atoms with Crippen LogP contribution in [0.25, 0.3) is 0 Å². The number of amides is 1. The lowest BCUT2D eigenvalue weighted by atomic mass is 9.99. The van der Waals surface area contributed by atoms with Gasteiger partial charge in [-0.25, -0.2) is 0 Å². The molecule has 1 aromatic heterocycles. The van der Waals surface area contributed by atoms with Crippen molar-refractivity contribution < 1.29 is 9.32 Å². The second kappa shape index (κ2) is 6.42. The maximum Gasteiger partial charge on any atom is 0.276 e. The Morgan fingerprint density at radius 1 is 1.41 bits per heavy atom. The highest BCUT2D eigenvalue weighted by Gasteiger charge is 2.23. The van der Waals surface area contributed by atoms with E-state index in [1.165, 1.54) is 0 Å². The van der Waals surface area contributed by atoms with Gasteiger partial charge in [-0.1, -0.05) is 25.9 Å². The second-order valence-corrected chi connectivity index (χ2v) is 4.30. The predicted molar refractivity (Wildman–Crippen MR) is 66.9 cm³/mol. The third kappa shape index (κ3) is 3.58. The van der Waals surface area contributed by atoms with Gasteiger partial charge in [-0.05, 0) is 25.7 Å². The number of aryl methyl sites for hydroxylation is 1. The number of hydrogen-bond acceptors (Lipinski definition) is 3. The summed E-state index contributed by atoms with van der Waals surface area (Å²) in [7, 11) is 0. The smallest absolute Gasteiger partial charge is 0.276 e. The van der Waals surface area contributed by atoms with E-state index >= 15 is 0 Å². The maximum atomic E-state index is 11.9. The summed E-state index contributed by atoms with van der Waals surface area (Å²) in [5.41, 5.74) is 0.432. The summed E-state index contributed by atoms with van der Waals surface area (Å²) in [5.74, 6) is 1.41. The fourth-order valence-corrected chi connectivity index (χ4v) is 1.84. The monoisotopic (exact) mass is 238 g/mol. The van der Waals surface area contributed by atoms with Gasteiger partial charge in [-0.2, -0.15) is 0 Å². The molecule has 1 aromatic rings. The summed E-state index contributed by atoms with van der Waals surface area (Å²) >= 11 is 0. The highest BCUT2D eigenvalue weighted by molar-refractivity contribution is 5.92. The maximum absolute atomic E-state index is 11.9. The number of carbonyl (C=O) groups excluding carboxylic acids is 1. The Bertz CT molecular complexity index is 352. The molecular formula is C13H22N2O2. The first-order chi connectivity index (χ1) is 8.16. The SMILES string of the molecule is CC.Cc1cc(C(=O)N2CCC(C)CC2)no1. The van der Waals surface area contributed by atoms with Crippen molar-refractivity contribution in [3.63, 3.8) is 0 Å². The Kier molecular flexibility index (Phi) is 5.19. The fraction of sp³-hybridized carbons (Fsp3) is 0.692. The molecule has 4 nitrogen and oxygen atoms in total. The predicted octanol–water partition coefficient (Wildman–Crippen LogP) is 2.88. The van der Waals surface area contributed by atoms with E-state index in [0.29, 0.717) is 11.5 Å². The van der Waals surface area contributed by atoms with Crippen molar-refractivity contribution in [3.8, 4) is 0 Å². The Morgan fingerprint density at radius 3 is 2.47 bits per heavy atom. The van der Waals surface area contributed by atoms with E-state index in [0.717, 1.165) is 31.8 Å². The minimum absolute atomic E-state index is 0.00116. The van der Waals surface area contributed by atoms with Gasteiger partial charge in [0.1, 0.15) is 5.76 Å². The largest absolute Gasteiger partial charge is 0.361 e. The van der Waals surface area contributed by atoms with E-state index in [2.05, 4.69) is 12.1 Å². The van der Waals surface area contributed by atoms with E-state index in [4.69, 9.17) is 4.52 Å². The first kappa shape index (κ1) is 13.7. The Morgan fingerprint density at radius 2 is 2.00 bits per heavy atom. The summed E-state index contributed by atoms with van der Waals surface area (Å²) in [6.45, 7) is 9.70. The third-order valence-corrected chi connectivity index (χ3v) is 2.92. The van der Waals surface area contributed by atoms with Crippen molar-refractivity contribution in [2.45, 2.75) is 40.5 Å². The molecule has 0 aliphatic carbocycles. The lowest BCUT2D eigenvalue weighted by Crippen LogP contribution is -2.38. The molecule has 0 spiro atoms. The lowest BCUT2D eigenvalue weighted by molar-refractivity contribution is 0.0686.